The van der Waals surface area contributed by atoms with E-state index in [4.69, 9.17) is 9.15 Å². The van der Waals surface area contributed by atoms with E-state index in [1.54, 1.807) is 18.2 Å². The van der Waals surface area contributed by atoms with E-state index in [1.165, 1.54) is 12.1 Å². The molecule has 0 saturated carbocycles. The zero-order valence-electron chi connectivity index (χ0n) is 13.2. The Kier molecular flexibility index (Phi) is 4.94. The molecule has 2 N–H and O–H groups in total. The summed E-state index contributed by atoms with van der Waals surface area (Å²) < 4.78 is 11.0. The van der Waals surface area contributed by atoms with Crippen molar-refractivity contribution in [1.82, 2.24) is 5.32 Å². The molecule has 0 aliphatic carbocycles. The van der Waals surface area contributed by atoms with Gasteiger partial charge in [0.05, 0.1) is 17.1 Å². The van der Waals surface area contributed by atoms with Gasteiger partial charge in [-0.1, -0.05) is 12.1 Å². The van der Waals surface area contributed by atoms with Gasteiger partial charge in [-0.25, -0.2) is 0 Å². The molecule has 2 heterocycles. The van der Waals surface area contributed by atoms with Crippen LogP contribution in [0.4, 0.5) is 5.69 Å². The number of nitro benzene ring substituents is 1. The van der Waals surface area contributed by atoms with Gasteiger partial charge in [0.15, 0.2) is 0 Å². The fraction of sp³-hybridized carbons (Fsp3) is 0.412. The molecule has 0 amide bonds. The Balaban J connectivity index is 1.59. The molecule has 1 aromatic heterocycles. The van der Waals surface area contributed by atoms with Crippen molar-refractivity contribution in [2.45, 2.75) is 25.0 Å². The summed E-state index contributed by atoms with van der Waals surface area (Å²) in [5.41, 5.74) is -0.0305. The van der Waals surface area contributed by atoms with E-state index in [0.29, 0.717) is 56.2 Å². The average molecular weight is 332 g/mol. The Labute approximate surface area is 139 Å². The number of benzene rings is 1. The maximum Gasteiger partial charge on any atom is 0.270 e. The van der Waals surface area contributed by atoms with Crippen LogP contribution in [0.3, 0.4) is 0 Å². The fourth-order valence-corrected chi connectivity index (χ4v) is 2.75. The highest BCUT2D eigenvalue weighted by molar-refractivity contribution is 5.61. The van der Waals surface area contributed by atoms with Gasteiger partial charge >= 0.3 is 0 Å². The lowest BCUT2D eigenvalue weighted by atomic mass is 9.94. The Hall–Kier alpha value is -2.22. The van der Waals surface area contributed by atoms with Gasteiger partial charge in [-0.15, -0.1) is 0 Å². The molecule has 0 atom stereocenters. The van der Waals surface area contributed by atoms with Gasteiger partial charge in [0.2, 0.25) is 0 Å². The van der Waals surface area contributed by atoms with E-state index in [0.717, 1.165) is 0 Å². The third-order valence-electron chi connectivity index (χ3n) is 4.18. The zero-order chi connectivity index (χ0) is 17.0. The van der Waals surface area contributed by atoms with E-state index < -0.39 is 10.5 Å². The van der Waals surface area contributed by atoms with Crippen LogP contribution in [0.5, 0.6) is 0 Å². The van der Waals surface area contributed by atoms with Crippen LogP contribution in [0.15, 0.2) is 40.8 Å². The summed E-state index contributed by atoms with van der Waals surface area (Å²) in [6.45, 7) is 2.12. The SMILES string of the molecule is O=[N+]([O-])c1cccc(-c2ccc(CNCC3(O)CCOCC3)o2)c1. The molecule has 24 heavy (non-hydrogen) atoms. The minimum absolute atomic E-state index is 0.0327. The van der Waals surface area contributed by atoms with E-state index in [9.17, 15) is 15.2 Å². The smallest absolute Gasteiger partial charge is 0.270 e. The third kappa shape index (κ3) is 4.00. The highest BCUT2D eigenvalue weighted by atomic mass is 16.6. The van der Waals surface area contributed by atoms with Crippen molar-refractivity contribution in [1.29, 1.82) is 0 Å². The van der Waals surface area contributed by atoms with Gasteiger partial charge in [0, 0.05) is 50.3 Å². The second-order valence-electron chi connectivity index (χ2n) is 6.01. The van der Waals surface area contributed by atoms with Crippen molar-refractivity contribution in [3.05, 3.63) is 52.3 Å². The summed E-state index contributed by atoms with van der Waals surface area (Å²) in [5, 5.41) is 24.4. The van der Waals surface area contributed by atoms with Crippen molar-refractivity contribution in [2.24, 2.45) is 0 Å². The monoisotopic (exact) mass is 332 g/mol. The molecule has 3 rings (SSSR count). The lowest BCUT2D eigenvalue weighted by molar-refractivity contribution is -0.384. The number of furan rings is 1. The lowest BCUT2D eigenvalue weighted by Crippen LogP contribution is -2.44. The predicted molar refractivity (Wildman–Crippen MR) is 87.5 cm³/mol. The molecule has 0 unspecified atom stereocenters. The Morgan fingerprint density at radius 2 is 2.04 bits per heavy atom. The number of nitrogens with zero attached hydrogens (tertiary/aromatic N) is 1. The quantitative estimate of drug-likeness (QED) is 0.623. The van der Waals surface area contributed by atoms with Crippen LogP contribution >= 0.6 is 0 Å². The molecule has 1 saturated heterocycles. The number of nitrogens with one attached hydrogen (secondary N) is 1. The number of hydrogen-bond acceptors (Lipinski definition) is 6. The largest absolute Gasteiger partial charge is 0.460 e. The zero-order valence-corrected chi connectivity index (χ0v) is 13.2. The minimum Gasteiger partial charge on any atom is -0.460 e. The first-order valence-electron chi connectivity index (χ1n) is 7.90. The number of rotatable bonds is 6. The molecule has 2 aromatic rings. The van der Waals surface area contributed by atoms with Crippen LogP contribution in [-0.4, -0.2) is 35.4 Å². The van der Waals surface area contributed by atoms with Gasteiger partial charge in [0.1, 0.15) is 11.5 Å². The summed E-state index contributed by atoms with van der Waals surface area (Å²) >= 11 is 0. The number of nitro groups is 1. The number of ether oxygens (including phenoxy) is 1. The minimum atomic E-state index is -0.728. The van der Waals surface area contributed by atoms with Crippen LogP contribution in [0, 0.1) is 10.1 Å². The summed E-state index contributed by atoms with van der Waals surface area (Å²) in [4.78, 5) is 10.4. The molecule has 128 valence electrons. The van der Waals surface area contributed by atoms with Crippen LogP contribution in [0.25, 0.3) is 11.3 Å². The summed E-state index contributed by atoms with van der Waals surface area (Å²) in [6.07, 6.45) is 1.24. The third-order valence-corrected chi connectivity index (χ3v) is 4.18. The Morgan fingerprint density at radius 3 is 2.79 bits per heavy atom. The molecule has 0 radical (unpaired) electrons. The molecule has 1 fully saturated rings. The van der Waals surface area contributed by atoms with Crippen molar-refractivity contribution >= 4 is 5.69 Å². The number of hydrogen-bond donors (Lipinski definition) is 2. The van der Waals surface area contributed by atoms with Gasteiger partial charge in [-0.3, -0.25) is 10.1 Å². The number of non-ortho nitro benzene ring substituents is 1. The van der Waals surface area contributed by atoms with Crippen molar-refractivity contribution in [3.8, 4) is 11.3 Å². The predicted octanol–water partition coefficient (Wildman–Crippen LogP) is 2.49. The molecular formula is C17H20N2O5. The van der Waals surface area contributed by atoms with Crippen molar-refractivity contribution in [3.63, 3.8) is 0 Å². The molecule has 0 spiro atoms. The van der Waals surface area contributed by atoms with E-state index in [2.05, 4.69) is 5.32 Å². The average Bonchev–Trinajstić information content (AvgIpc) is 3.04. The fourth-order valence-electron chi connectivity index (χ4n) is 2.75. The molecule has 1 aliphatic rings. The maximum atomic E-state index is 10.8. The van der Waals surface area contributed by atoms with Crippen LogP contribution < -0.4 is 5.32 Å². The summed E-state index contributed by atoms with van der Waals surface area (Å²) in [6, 6.07) is 9.96. The first-order valence-corrected chi connectivity index (χ1v) is 7.90. The highest BCUT2D eigenvalue weighted by Gasteiger charge is 2.29. The van der Waals surface area contributed by atoms with Crippen molar-refractivity contribution < 1.29 is 19.2 Å². The lowest BCUT2D eigenvalue weighted by Gasteiger charge is -2.32. The molecule has 1 aromatic carbocycles. The topological polar surface area (TPSA) is 97.8 Å². The van der Waals surface area contributed by atoms with E-state index in [-0.39, 0.29) is 5.69 Å². The van der Waals surface area contributed by atoms with Crippen LogP contribution in [0.1, 0.15) is 18.6 Å². The molecule has 7 heteroatoms. The summed E-state index contributed by atoms with van der Waals surface area (Å²) in [7, 11) is 0. The van der Waals surface area contributed by atoms with Crippen molar-refractivity contribution in [2.75, 3.05) is 19.8 Å². The second-order valence-corrected chi connectivity index (χ2v) is 6.01. The first-order chi connectivity index (χ1) is 11.6. The first kappa shape index (κ1) is 16.6. The van der Waals surface area contributed by atoms with Gasteiger partial charge in [-0.05, 0) is 12.1 Å². The normalized spacial score (nSPS) is 16.9. The summed E-state index contributed by atoms with van der Waals surface area (Å²) in [5.74, 6) is 1.30. The highest BCUT2D eigenvalue weighted by Crippen LogP contribution is 2.26. The van der Waals surface area contributed by atoms with E-state index >= 15 is 0 Å². The van der Waals surface area contributed by atoms with Gasteiger partial charge in [0.25, 0.3) is 5.69 Å². The molecule has 7 nitrogen and oxygen atoms in total. The second kappa shape index (κ2) is 7.12. The molecular weight excluding hydrogens is 312 g/mol. The number of aliphatic hydroxyl groups is 1. The molecule has 0 bridgehead atoms. The van der Waals surface area contributed by atoms with Crippen LogP contribution in [-0.2, 0) is 11.3 Å². The van der Waals surface area contributed by atoms with Crippen LogP contribution in [0.2, 0.25) is 0 Å². The molecule has 1 aliphatic heterocycles. The van der Waals surface area contributed by atoms with E-state index in [1.807, 2.05) is 6.07 Å². The maximum absolute atomic E-state index is 10.8. The Bertz CT molecular complexity index is 707. The standard InChI is InChI=1S/C17H20N2O5/c20-17(6-8-23-9-7-17)12-18-11-15-4-5-16(24-15)13-2-1-3-14(10-13)19(21)22/h1-5,10,18,20H,6-9,11-12H2. The van der Waals surface area contributed by atoms with Gasteiger partial charge in [-0.2, -0.15) is 0 Å². The Morgan fingerprint density at radius 1 is 1.25 bits per heavy atom. The van der Waals surface area contributed by atoms with Gasteiger partial charge < -0.3 is 19.6 Å².